The zero-order valence-corrected chi connectivity index (χ0v) is 13.3. The van der Waals surface area contributed by atoms with E-state index < -0.39 is 0 Å². The van der Waals surface area contributed by atoms with Crippen LogP contribution in [0.4, 0.5) is 10.5 Å². The van der Waals surface area contributed by atoms with Crippen LogP contribution in [0.2, 0.25) is 0 Å². The van der Waals surface area contributed by atoms with Gasteiger partial charge in [-0.1, -0.05) is 0 Å². The number of amides is 2. The van der Waals surface area contributed by atoms with Crippen molar-refractivity contribution in [1.82, 2.24) is 20.1 Å². The number of nitrogens with zero attached hydrogens (tertiary/aromatic N) is 3. The second-order valence-electron chi connectivity index (χ2n) is 5.25. The van der Waals surface area contributed by atoms with Crippen molar-refractivity contribution in [3.63, 3.8) is 0 Å². The van der Waals surface area contributed by atoms with E-state index in [4.69, 9.17) is 0 Å². The van der Waals surface area contributed by atoms with E-state index in [1.807, 2.05) is 29.5 Å². The summed E-state index contributed by atoms with van der Waals surface area (Å²) in [7, 11) is 0. The van der Waals surface area contributed by atoms with Crippen molar-refractivity contribution in [2.45, 2.75) is 30.3 Å². The Morgan fingerprint density at radius 2 is 2.41 bits per heavy atom. The van der Waals surface area contributed by atoms with Crippen LogP contribution in [-0.2, 0) is 0 Å². The number of urea groups is 1. The van der Waals surface area contributed by atoms with Crippen molar-refractivity contribution in [3.05, 3.63) is 36.3 Å². The Labute approximate surface area is 133 Å². The topological polar surface area (TPSA) is 73.9 Å². The SMILES string of the molecule is CSc1cc(NC(=O)N2CCCC[C@@H]2c2cn[nH]c2)ccn1. The third-order valence-electron chi connectivity index (χ3n) is 3.86. The van der Waals surface area contributed by atoms with E-state index in [0.29, 0.717) is 0 Å². The molecule has 0 unspecified atom stereocenters. The van der Waals surface area contributed by atoms with Gasteiger partial charge in [0.05, 0.1) is 17.3 Å². The number of thioether (sulfide) groups is 1. The molecule has 0 aliphatic carbocycles. The molecule has 1 saturated heterocycles. The van der Waals surface area contributed by atoms with E-state index >= 15 is 0 Å². The summed E-state index contributed by atoms with van der Waals surface area (Å²) < 4.78 is 0. The standard InChI is InChI=1S/C15H19N5OS/c1-22-14-8-12(5-6-16-14)19-15(21)20-7-3-2-4-13(20)11-9-17-18-10-11/h5-6,8-10,13H,2-4,7H2,1H3,(H,17,18)(H,16,19,21)/t13-/m1/s1. The van der Waals surface area contributed by atoms with Crippen LogP contribution in [0.25, 0.3) is 0 Å². The van der Waals surface area contributed by atoms with Gasteiger partial charge in [-0.05, 0) is 37.7 Å². The predicted octanol–water partition coefficient (Wildman–Crippen LogP) is 3.29. The van der Waals surface area contributed by atoms with Gasteiger partial charge in [0.1, 0.15) is 0 Å². The smallest absolute Gasteiger partial charge is 0.317 e. The average molecular weight is 317 g/mol. The van der Waals surface area contributed by atoms with E-state index in [9.17, 15) is 4.79 Å². The van der Waals surface area contributed by atoms with Gasteiger partial charge < -0.3 is 10.2 Å². The first-order valence-electron chi connectivity index (χ1n) is 7.34. The molecule has 2 aromatic heterocycles. The Morgan fingerprint density at radius 3 is 3.18 bits per heavy atom. The van der Waals surface area contributed by atoms with E-state index in [0.717, 1.165) is 42.1 Å². The lowest BCUT2D eigenvalue weighted by Crippen LogP contribution is -2.41. The molecular formula is C15H19N5OS. The van der Waals surface area contributed by atoms with Crippen LogP contribution in [0, 0.1) is 0 Å². The summed E-state index contributed by atoms with van der Waals surface area (Å²) in [6.45, 7) is 0.766. The molecule has 0 aromatic carbocycles. The van der Waals surface area contributed by atoms with Gasteiger partial charge in [0, 0.05) is 30.2 Å². The minimum absolute atomic E-state index is 0.0656. The molecule has 2 aromatic rings. The number of carbonyl (C=O) groups is 1. The number of carbonyl (C=O) groups excluding carboxylic acids is 1. The number of aromatic nitrogens is 3. The Hall–Kier alpha value is -2.02. The first kappa shape index (κ1) is 14.9. The summed E-state index contributed by atoms with van der Waals surface area (Å²) in [5.74, 6) is 0. The Morgan fingerprint density at radius 1 is 1.50 bits per heavy atom. The summed E-state index contributed by atoms with van der Waals surface area (Å²) in [5.41, 5.74) is 1.84. The van der Waals surface area contributed by atoms with E-state index in [1.54, 1.807) is 24.2 Å². The Kier molecular flexibility index (Phi) is 4.62. The molecule has 0 spiro atoms. The molecule has 0 saturated carbocycles. The molecule has 7 heteroatoms. The van der Waals surface area contributed by atoms with Crippen LogP contribution in [0.3, 0.4) is 0 Å². The molecule has 1 fully saturated rings. The van der Waals surface area contributed by atoms with Gasteiger partial charge in [-0.15, -0.1) is 11.8 Å². The van der Waals surface area contributed by atoms with Gasteiger partial charge in [0.15, 0.2) is 0 Å². The normalized spacial score (nSPS) is 18.2. The number of hydrogen-bond acceptors (Lipinski definition) is 4. The lowest BCUT2D eigenvalue weighted by atomic mass is 9.98. The predicted molar refractivity (Wildman–Crippen MR) is 86.9 cm³/mol. The highest BCUT2D eigenvalue weighted by atomic mass is 32.2. The summed E-state index contributed by atoms with van der Waals surface area (Å²) >= 11 is 1.56. The third-order valence-corrected chi connectivity index (χ3v) is 4.50. The zero-order chi connectivity index (χ0) is 15.4. The monoisotopic (exact) mass is 317 g/mol. The number of nitrogens with one attached hydrogen (secondary N) is 2. The molecule has 116 valence electrons. The molecule has 3 heterocycles. The van der Waals surface area contributed by atoms with Crippen LogP contribution >= 0.6 is 11.8 Å². The van der Waals surface area contributed by atoms with Crippen LogP contribution in [0.1, 0.15) is 30.9 Å². The van der Waals surface area contributed by atoms with Gasteiger partial charge in [-0.25, -0.2) is 9.78 Å². The van der Waals surface area contributed by atoms with E-state index in [1.165, 1.54) is 0 Å². The molecule has 0 radical (unpaired) electrons. The van der Waals surface area contributed by atoms with E-state index in [2.05, 4.69) is 20.5 Å². The summed E-state index contributed by atoms with van der Waals surface area (Å²) in [6.07, 6.45) is 10.5. The molecule has 1 atom stereocenters. The van der Waals surface area contributed by atoms with Crippen LogP contribution in [0.15, 0.2) is 35.7 Å². The van der Waals surface area contributed by atoms with Gasteiger partial charge in [-0.2, -0.15) is 5.10 Å². The largest absolute Gasteiger partial charge is 0.322 e. The lowest BCUT2D eigenvalue weighted by Gasteiger charge is -2.35. The van der Waals surface area contributed by atoms with Crippen molar-refractivity contribution in [2.75, 3.05) is 18.1 Å². The molecule has 2 N–H and O–H groups in total. The van der Waals surface area contributed by atoms with Crippen LogP contribution in [-0.4, -0.2) is 38.9 Å². The molecule has 3 rings (SSSR count). The highest BCUT2D eigenvalue weighted by molar-refractivity contribution is 7.98. The summed E-state index contributed by atoms with van der Waals surface area (Å²) in [5, 5.41) is 10.7. The molecule has 22 heavy (non-hydrogen) atoms. The quantitative estimate of drug-likeness (QED) is 0.852. The number of H-pyrrole nitrogens is 1. The lowest BCUT2D eigenvalue weighted by molar-refractivity contribution is 0.163. The number of rotatable bonds is 3. The average Bonchev–Trinajstić information content (AvgIpc) is 3.09. The second-order valence-corrected chi connectivity index (χ2v) is 6.08. The molecule has 6 nitrogen and oxygen atoms in total. The molecule has 1 aliphatic heterocycles. The minimum Gasteiger partial charge on any atom is -0.317 e. The van der Waals surface area contributed by atoms with Crippen molar-refractivity contribution in [1.29, 1.82) is 0 Å². The zero-order valence-electron chi connectivity index (χ0n) is 12.5. The van der Waals surface area contributed by atoms with Crippen molar-refractivity contribution >= 4 is 23.5 Å². The first-order chi connectivity index (χ1) is 10.8. The highest BCUT2D eigenvalue weighted by Crippen LogP contribution is 2.30. The minimum atomic E-state index is -0.0656. The Bertz CT molecular complexity index is 631. The van der Waals surface area contributed by atoms with Crippen molar-refractivity contribution in [2.24, 2.45) is 0 Å². The fourth-order valence-electron chi connectivity index (χ4n) is 2.76. The van der Waals surface area contributed by atoms with Crippen molar-refractivity contribution < 1.29 is 4.79 Å². The number of likely N-dealkylation sites (tertiary alicyclic amines) is 1. The number of pyridine rings is 1. The number of aromatic amines is 1. The fraction of sp³-hybridized carbons (Fsp3) is 0.400. The van der Waals surface area contributed by atoms with Gasteiger partial charge in [0.2, 0.25) is 0 Å². The maximum absolute atomic E-state index is 12.6. The maximum atomic E-state index is 12.6. The summed E-state index contributed by atoms with van der Waals surface area (Å²) in [6, 6.07) is 3.73. The molecule has 0 bridgehead atoms. The van der Waals surface area contributed by atoms with Gasteiger partial charge >= 0.3 is 6.03 Å². The van der Waals surface area contributed by atoms with Crippen molar-refractivity contribution in [3.8, 4) is 0 Å². The third kappa shape index (κ3) is 3.24. The molecule has 1 aliphatic rings. The second kappa shape index (κ2) is 6.83. The number of hydrogen-bond donors (Lipinski definition) is 2. The van der Waals surface area contributed by atoms with Crippen LogP contribution < -0.4 is 5.32 Å². The Balaban J connectivity index is 1.74. The maximum Gasteiger partial charge on any atom is 0.322 e. The number of piperidine rings is 1. The fourth-order valence-corrected chi connectivity index (χ4v) is 3.17. The molecule has 2 amide bonds. The number of anilines is 1. The van der Waals surface area contributed by atoms with Gasteiger partial charge in [0.25, 0.3) is 0 Å². The van der Waals surface area contributed by atoms with E-state index in [-0.39, 0.29) is 12.1 Å². The highest BCUT2D eigenvalue weighted by Gasteiger charge is 2.28. The molecular weight excluding hydrogens is 298 g/mol. The summed E-state index contributed by atoms with van der Waals surface area (Å²) in [4.78, 5) is 18.7. The van der Waals surface area contributed by atoms with Gasteiger partial charge in [-0.3, -0.25) is 5.10 Å². The first-order valence-corrected chi connectivity index (χ1v) is 8.57. The van der Waals surface area contributed by atoms with Crippen LogP contribution in [0.5, 0.6) is 0 Å².